The van der Waals surface area contributed by atoms with Gasteiger partial charge in [0.05, 0.1) is 10.6 Å². The Morgan fingerprint density at radius 3 is 2.45 bits per heavy atom. The molecule has 0 bridgehead atoms. The van der Waals surface area contributed by atoms with Gasteiger partial charge in [-0.2, -0.15) is 5.10 Å². The molecule has 0 fully saturated rings. The number of ether oxygens (including phenoxy) is 1. The number of amides is 1. The van der Waals surface area contributed by atoms with Crippen LogP contribution in [0.4, 0.5) is 5.69 Å². The first-order valence-corrected chi connectivity index (χ1v) is 10.3. The van der Waals surface area contributed by atoms with E-state index in [0.717, 1.165) is 16.8 Å². The zero-order valence-corrected chi connectivity index (χ0v) is 18.0. The Kier molecular flexibility index (Phi) is 6.45. The predicted octanol–water partition coefficient (Wildman–Crippen LogP) is 4.63. The number of hydrogen-bond donors (Lipinski definition) is 0. The normalized spacial score (nSPS) is 10.6. The molecule has 1 aromatic heterocycles. The van der Waals surface area contributed by atoms with Gasteiger partial charge in [-0.25, -0.2) is 4.68 Å². The number of nitro benzene ring substituents is 1. The Labute approximate surface area is 190 Å². The highest BCUT2D eigenvalue weighted by Crippen LogP contribution is 2.19. The molecule has 8 nitrogen and oxygen atoms in total. The molecule has 4 aromatic rings. The highest BCUT2D eigenvalue weighted by molar-refractivity contribution is 5.94. The zero-order valence-electron chi connectivity index (χ0n) is 18.0. The molecule has 3 aromatic carbocycles. The van der Waals surface area contributed by atoms with Crippen molar-refractivity contribution in [3.63, 3.8) is 0 Å². The average molecular weight is 442 g/mol. The first-order valence-electron chi connectivity index (χ1n) is 10.3. The second kappa shape index (κ2) is 9.78. The summed E-state index contributed by atoms with van der Waals surface area (Å²) in [5.74, 6) is 0.427. The molecule has 166 valence electrons. The Bertz CT molecular complexity index is 1240. The summed E-state index contributed by atoms with van der Waals surface area (Å²) in [4.78, 5) is 24.9. The Balaban J connectivity index is 1.36. The van der Waals surface area contributed by atoms with Crippen molar-refractivity contribution in [1.29, 1.82) is 0 Å². The minimum Gasteiger partial charge on any atom is -0.489 e. The van der Waals surface area contributed by atoms with E-state index >= 15 is 0 Å². The fraction of sp³-hybridized carbons (Fsp3) is 0.120. The fourth-order valence-electron chi connectivity index (χ4n) is 3.37. The van der Waals surface area contributed by atoms with Crippen LogP contribution in [0.3, 0.4) is 0 Å². The van der Waals surface area contributed by atoms with E-state index in [9.17, 15) is 14.9 Å². The van der Waals surface area contributed by atoms with Gasteiger partial charge in [-0.1, -0.05) is 24.3 Å². The van der Waals surface area contributed by atoms with Crippen LogP contribution in [0.25, 0.3) is 5.69 Å². The summed E-state index contributed by atoms with van der Waals surface area (Å²) in [5.41, 5.74) is 3.37. The minimum absolute atomic E-state index is 0.00834. The first-order chi connectivity index (χ1) is 16.0. The lowest BCUT2D eigenvalue weighted by molar-refractivity contribution is -0.384. The lowest BCUT2D eigenvalue weighted by Gasteiger charge is -2.18. The molecular weight excluding hydrogens is 420 g/mol. The molecule has 33 heavy (non-hydrogen) atoms. The number of aromatic nitrogens is 2. The van der Waals surface area contributed by atoms with Crippen molar-refractivity contribution in [3.8, 4) is 11.4 Å². The zero-order chi connectivity index (χ0) is 23.2. The lowest BCUT2D eigenvalue weighted by atomic mass is 10.1. The Morgan fingerprint density at radius 1 is 1.03 bits per heavy atom. The molecule has 0 aliphatic heterocycles. The van der Waals surface area contributed by atoms with Gasteiger partial charge in [-0.05, 0) is 53.6 Å². The molecule has 0 atom stereocenters. The number of nitrogens with zero attached hydrogens (tertiary/aromatic N) is 4. The standard InChI is InChI=1S/C25H22N4O4/c1-27(17-19-6-8-22(9-7-19)28-15-3-14-26-28)25(30)21-5-2-4-20(16-21)18-33-24-12-10-23(11-13-24)29(31)32/h2-16H,17-18H2,1H3. The van der Waals surface area contributed by atoms with Crippen LogP contribution in [-0.2, 0) is 13.2 Å². The van der Waals surface area contributed by atoms with Gasteiger partial charge in [-0.15, -0.1) is 0 Å². The summed E-state index contributed by atoms with van der Waals surface area (Å²) in [5, 5.41) is 15.0. The van der Waals surface area contributed by atoms with Crippen LogP contribution in [0.5, 0.6) is 5.75 Å². The number of nitro groups is 1. The molecule has 1 amide bonds. The van der Waals surface area contributed by atoms with Crippen LogP contribution in [0.1, 0.15) is 21.5 Å². The van der Waals surface area contributed by atoms with Crippen LogP contribution in [0.2, 0.25) is 0 Å². The Hall–Kier alpha value is -4.46. The number of carbonyl (C=O) groups excluding carboxylic acids is 1. The molecule has 0 saturated carbocycles. The third-order valence-corrected chi connectivity index (χ3v) is 5.10. The molecular formula is C25H22N4O4. The Morgan fingerprint density at radius 2 is 1.79 bits per heavy atom. The van der Waals surface area contributed by atoms with Crippen molar-refractivity contribution >= 4 is 11.6 Å². The van der Waals surface area contributed by atoms with E-state index in [1.54, 1.807) is 47.1 Å². The van der Waals surface area contributed by atoms with Gasteiger partial charge in [0.15, 0.2) is 0 Å². The van der Waals surface area contributed by atoms with E-state index in [1.165, 1.54) is 12.1 Å². The third kappa shape index (κ3) is 5.43. The van der Waals surface area contributed by atoms with E-state index < -0.39 is 4.92 Å². The quantitative estimate of drug-likeness (QED) is 0.293. The number of hydrogen-bond acceptors (Lipinski definition) is 5. The molecule has 0 unspecified atom stereocenters. The lowest BCUT2D eigenvalue weighted by Crippen LogP contribution is -2.26. The average Bonchev–Trinajstić information content (AvgIpc) is 3.38. The molecule has 4 rings (SSSR count). The molecule has 0 N–H and O–H groups in total. The van der Waals surface area contributed by atoms with Gasteiger partial charge in [-0.3, -0.25) is 14.9 Å². The van der Waals surface area contributed by atoms with Gasteiger partial charge >= 0.3 is 0 Å². The molecule has 0 saturated heterocycles. The number of non-ortho nitro benzene ring substituents is 1. The maximum absolute atomic E-state index is 12.9. The highest BCUT2D eigenvalue weighted by Gasteiger charge is 2.13. The fourth-order valence-corrected chi connectivity index (χ4v) is 3.37. The molecule has 0 spiro atoms. The van der Waals surface area contributed by atoms with Gasteiger partial charge < -0.3 is 9.64 Å². The summed E-state index contributed by atoms with van der Waals surface area (Å²) in [7, 11) is 1.77. The summed E-state index contributed by atoms with van der Waals surface area (Å²) < 4.78 is 7.49. The molecule has 0 radical (unpaired) electrons. The monoisotopic (exact) mass is 442 g/mol. The summed E-state index contributed by atoms with van der Waals surface area (Å²) >= 11 is 0. The van der Waals surface area contributed by atoms with E-state index in [4.69, 9.17) is 4.74 Å². The van der Waals surface area contributed by atoms with Crippen molar-refractivity contribution in [2.45, 2.75) is 13.2 Å². The number of rotatable bonds is 8. The van der Waals surface area contributed by atoms with Crippen LogP contribution in [-0.4, -0.2) is 32.6 Å². The van der Waals surface area contributed by atoms with Crippen molar-refractivity contribution in [1.82, 2.24) is 14.7 Å². The minimum atomic E-state index is -0.455. The highest BCUT2D eigenvalue weighted by atomic mass is 16.6. The molecule has 0 aliphatic carbocycles. The topological polar surface area (TPSA) is 90.5 Å². The van der Waals surface area contributed by atoms with Crippen molar-refractivity contribution in [3.05, 3.63) is 118 Å². The SMILES string of the molecule is CN(Cc1ccc(-n2cccn2)cc1)C(=O)c1cccc(COc2ccc([N+](=O)[O-])cc2)c1. The number of carbonyl (C=O) groups is 1. The van der Waals surface area contributed by atoms with Crippen LogP contribution in [0, 0.1) is 10.1 Å². The number of benzene rings is 3. The third-order valence-electron chi connectivity index (χ3n) is 5.10. The molecule has 0 aliphatic rings. The summed E-state index contributed by atoms with van der Waals surface area (Å²) in [6, 6.07) is 22.9. The van der Waals surface area contributed by atoms with Crippen molar-refractivity contribution < 1.29 is 14.5 Å². The van der Waals surface area contributed by atoms with E-state index in [0.29, 0.717) is 17.9 Å². The van der Waals surface area contributed by atoms with Gasteiger partial charge in [0.1, 0.15) is 12.4 Å². The second-order valence-electron chi connectivity index (χ2n) is 7.52. The van der Waals surface area contributed by atoms with E-state index in [2.05, 4.69) is 5.10 Å². The van der Waals surface area contributed by atoms with Crippen LogP contribution in [0.15, 0.2) is 91.3 Å². The van der Waals surface area contributed by atoms with Gasteiger partial charge in [0.25, 0.3) is 11.6 Å². The van der Waals surface area contributed by atoms with Crippen molar-refractivity contribution in [2.75, 3.05) is 7.05 Å². The summed E-state index contributed by atoms with van der Waals surface area (Å²) in [6.45, 7) is 0.722. The van der Waals surface area contributed by atoms with Crippen LogP contribution < -0.4 is 4.74 Å². The smallest absolute Gasteiger partial charge is 0.269 e. The molecule has 1 heterocycles. The maximum Gasteiger partial charge on any atom is 0.269 e. The first kappa shape index (κ1) is 21.8. The van der Waals surface area contributed by atoms with E-state index in [-0.39, 0.29) is 18.2 Å². The summed E-state index contributed by atoms with van der Waals surface area (Å²) in [6.07, 6.45) is 3.61. The van der Waals surface area contributed by atoms with Crippen LogP contribution >= 0.6 is 0 Å². The maximum atomic E-state index is 12.9. The second-order valence-corrected chi connectivity index (χ2v) is 7.52. The van der Waals surface area contributed by atoms with Gasteiger partial charge in [0.2, 0.25) is 0 Å². The molecule has 8 heteroatoms. The largest absolute Gasteiger partial charge is 0.489 e. The van der Waals surface area contributed by atoms with Gasteiger partial charge in [0, 0.05) is 43.7 Å². The van der Waals surface area contributed by atoms with E-state index in [1.807, 2.05) is 48.7 Å². The predicted molar refractivity (Wildman–Crippen MR) is 123 cm³/mol. The van der Waals surface area contributed by atoms with Crippen molar-refractivity contribution in [2.24, 2.45) is 0 Å².